The van der Waals surface area contributed by atoms with Gasteiger partial charge in [0, 0.05) is 6.20 Å². The van der Waals surface area contributed by atoms with Crippen LogP contribution in [0, 0.1) is 5.82 Å². The lowest BCUT2D eigenvalue weighted by atomic mass is 10.3. The van der Waals surface area contributed by atoms with Crippen LogP contribution in [0.15, 0.2) is 66.9 Å². The predicted molar refractivity (Wildman–Crippen MR) is 118 cm³/mol. The van der Waals surface area contributed by atoms with E-state index < -0.39 is 0 Å². The molecule has 0 atom stereocenters. The number of thiazole rings is 1. The third-order valence-corrected chi connectivity index (χ3v) is 5.46. The first-order chi connectivity index (χ1) is 15.1. The van der Waals surface area contributed by atoms with Gasteiger partial charge in [0.25, 0.3) is 5.91 Å². The summed E-state index contributed by atoms with van der Waals surface area (Å²) in [5, 5.41) is 0.464. The molecule has 0 aliphatic rings. The first kappa shape index (κ1) is 20.7. The Balaban J connectivity index is 1.54. The van der Waals surface area contributed by atoms with Crippen molar-refractivity contribution >= 4 is 32.6 Å². The number of hydrogen-bond acceptors (Lipinski definition) is 6. The zero-order valence-electron chi connectivity index (χ0n) is 16.8. The first-order valence-corrected chi connectivity index (χ1v) is 10.6. The van der Waals surface area contributed by atoms with Crippen LogP contribution < -0.4 is 14.4 Å². The molecule has 158 valence electrons. The molecule has 0 radical (unpaired) electrons. The van der Waals surface area contributed by atoms with E-state index in [2.05, 4.69) is 9.97 Å². The van der Waals surface area contributed by atoms with Gasteiger partial charge in [-0.25, -0.2) is 9.37 Å². The molecule has 2 aromatic carbocycles. The van der Waals surface area contributed by atoms with E-state index >= 15 is 0 Å². The molecule has 2 heterocycles. The number of anilines is 1. The molecule has 1 amide bonds. The van der Waals surface area contributed by atoms with Crippen LogP contribution >= 0.6 is 11.3 Å². The molecule has 0 fully saturated rings. The number of ether oxygens (including phenoxy) is 2. The van der Waals surface area contributed by atoms with Crippen LogP contribution in [0.4, 0.5) is 9.52 Å². The Kier molecular flexibility index (Phi) is 6.37. The largest absolute Gasteiger partial charge is 0.494 e. The highest BCUT2D eigenvalue weighted by molar-refractivity contribution is 7.22. The molecule has 0 spiro atoms. The van der Waals surface area contributed by atoms with Crippen LogP contribution in [0.25, 0.3) is 10.2 Å². The number of carbonyl (C=O) groups is 1. The normalized spacial score (nSPS) is 10.8. The molecule has 4 aromatic rings. The molecule has 31 heavy (non-hydrogen) atoms. The highest BCUT2D eigenvalue weighted by Crippen LogP contribution is 2.30. The van der Waals surface area contributed by atoms with Crippen molar-refractivity contribution in [3.05, 3.63) is 78.4 Å². The van der Waals surface area contributed by atoms with Gasteiger partial charge < -0.3 is 9.47 Å². The number of benzene rings is 2. The number of rotatable bonds is 8. The predicted octanol–water partition coefficient (Wildman–Crippen LogP) is 4.84. The summed E-state index contributed by atoms with van der Waals surface area (Å²) in [5.74, 6) is 0.670. The van der Waals surface area contributed by atoms with Crippen molar-refractivity contribution in [2.75, 3.05) is 18.1 Å². The van der Waals surface area contributed by atoms with Crippen molar-refractivity contribution in [3.63, 3.8) is 0 Å². The number of halogens is 1. The lowest BCUT2D eigenvalue weighted by molar-refractivity contribution is -0.120. The van der Waals surface area contributed by atoms with Gasteiger partial charge in [0.1, 0.15) is 17.3 Å². The Hall–Kier alpha value is -3.52. The van der Waals surface area contributed by atoms with E-state index in [1.54, 1.807) is 36.5 Å². The third kappa shape index (κ3) is 5.16. The second kappa shape index (κ2) is 9.53. The fourth-order valence-electron chi connectivity index (χ4n) is 2.94. The van der Waals surface area contributed by atoms with E-state index in [4.69, 9.17) is 9.47 Å². The average Bonchev–Trinajstić information content (AvgIpc) is 3.20. The Morgan fingerprint density at radius 3 is 2.55 bits per heavy atom. The standard InChI is InChI=1S/C23H20FN3O3S/c1-2-29-18-7-9-19(10-8-18)30-15-22(28)27(14-17-5-3-4-12-25-17)23-26-20-11-6-16(24)13-21(20)31-23/h3-13H,2,14-15H2,1H3. The van der Waals surface area contributed by atoms with Gasteiger partial charge in [0.05, 0.1) is 29.1 Å². The molecule has 2 aromatic heterocycles. The monoisotopic (exact) mass is 437 g/mol. The van der Waals surface area contributed by atoms with Gasteiger partial charge >= 0.3 is 0 Å². The Bertz CT molecular complexity index is 1170. The summed E-state index contributed by atoms with van der Waals surface area (Å²) >= 11 is 1.25. The number of aromatic nitrogens is 2. The van der Waals surface area contributed by atoms with E-state index in [0.29, 0.717) is 33.4 Å². The van der Waals surface area contributed by atoms with Crippen molar-refractivity contribution < 1.29 is 18.7 Å². The van der Waals surface area contributed by atoms with Crippen molar-refractivity contribution in [1.82, 2.24) is 9.97 Å². The average molecular weight is 437 g/mol. The van der Waals surface area contributed by atoms with E-state index in [1.165, 1.54) is 28.4 Å². The van der Waals surface area contributed by atoms with Crippen molar-refractivity contribution in [2.24, 2.45) is 0 Å². The molecule has 0 bridgehead atoms. The van der Waals surface area contributed by atoms with E-state index in [-0.39, 0.29) is 24.9 Å². The zero-order chi connectivity index (χ0) is 21.6. The number of fused-ring (bicyclic) bond motifs is 1. The van der Waals surface area contributed by atoms with E-state index in [0.717, 1.165) is 5.75 Å². The van der Waals surface area contributed by atoms with Crippen molar-refractivity contribution in [2.45, 2.75) is 13.5 Å². The van der Waals surface area contributed by atoms with Gasteiger partial charge in [-0.1, -0.05) is 17.4 Å². The summed E-state index contributed by atoms with van der Waals surface area (Å²) < 4.78 is 25.4. The Labute approximate surface area is 182 Å². The van der Waals surface area contributed by atoms with Crippen LogP contribution in [0.5, 0.6) is 11.5 Å². The summed E-state index contributed by atoms with van der Waals surface area (Å²) in [4.78, 5) is 23.4. The zero-order valence-corrected chi connectivity index (χ0v) is 17.6. The van der Waals surface area contributed by atoms with Gasteiger partial charge in [-0.05, 0) is 61.5 Å². The van der Waals surface area contributed by atoms with Crippen LogP contribution in [-0.4, -0.2) is 29.1 Å². The number of hydrogen-bond donors (Lipinski definition) is 0. The topological polar surface area (TPSA) is 64.6 Å². The van der Waals surface area contributed by atoms with Gasteiger partial charge in [0.15, 0.2) is 11.7 Å². The third-order valence-electron chi connectivity index (χ3n) is 4.41. The summed E-state index contributed by atoms with van der Waals surface area (Å²) in [6.45, 7) is 2.54. The van der Waals surface area contributed by atoms with Gasteiger partial charge in [-0.2, -0.15) is 0 Å². The number of amides is 1. The number of nitrogens with zero attached hydrogens (tertiary/aromatic N) is 3. The SMILES string of the molecule is CCOc1ccc(OCC(=O)N(Cc2ccccn2)c2nc3ccc(F)cc3s2)cc1. The highest BCUT2D eigenvalue weighted by Gasteiger charge is 2.21. The molecule has 0 saturated heterocycles. The van der Waals surface area contributed by atoms with E-state index in [1.807, 2.05) is 25.1 Å². The maximum atomic E-state index is 13.6. The highest BCUT2D eigenvalue weighted by atomic mass is 32.1. The molecular weight excluding hydrogens is 417 g/mol. The summed E-state index contributed by atoms with van der Waals surface area (Å²) in [7, 11) is 0. The lowest BCUT2D eigenvalue weighted by Gasteiger charge is -2.19. The maximum absolute atomic E-state index is 13.6. The number of carbonyl (C=O) groups excluding carboxylic acids is 1. The molecular formula is C23H20FN3O3S. The molecule has 0 N–H and O–H groups in total. The Morgan fingerprint density at radius 2 is 1.84 bits per heavy atom. The minimum absolute atomic E-state index is 0.175. The van der Waals surface area contributed by atoms with Gasteiger partial charge in [-0.3, -0.25) is 14.7 Å². The molecule has 6 nitrogen and oxygen atoms in total. The van der Waals surface area contributed by atoms with Crippen molar-refractivity contribution in [3.8, 4) is 11.5 Å². The number of pyridine rings is 1. The van der Waals surface area contributed by atoms with Crippen LogP contribution in [0.2, 0.25) is 0 Å². The molecule has 0 saturated carbocycles. The van der Waals surface area contributed by atoms with Crippen LogP contribution in [-0.2, 0) is 11.3 Å². The molecule has 0 aliphatic carbocycles. The molecule has 8 heteroatoms. The van der Waals surface area contributed by atoms with Gasteiger partial charge in [-0.15, -0.1) is 0 Å². The summed E-state index contributed by atoms with van der Waals surface area (Å²) in [6.07, 6.45) is 1.67. The van der Waals surface area contributed by atoms with Crippen molar-refractivity contribution in [1.29, 1.82) is 0 Å². The fourth-order valence-corrected chi connectivity index (χ4v) is 3.95. The smallest absolute Gasteiger partial charge is 0.267 e. The van der Waals surface area contributed by atoms with Gasteiger partial charge in [0.2, 0.25) is 0 Å². The second-order valence-corrected chi connectivity index (χ2v) is 7.61. The Morgan fingerprint density at radius 1 is 1.06 bits per heavy atom. The molecule has 4 rings (SSSR count). The molecule has 0 unspecified atom stereocenters. The maximum Gasteiger partial charge on any atom is 0.267 e. The lowest BCUT2D eigenvalue weighted by Crippen LogP contribution is -2.34. The van der Waals surface area contributed by atoms with Crippen LogP contribution in [0.1, 0.15) is 12.6 Å². The summed E-state index contributed by atoms with van der Waals surface area (Å²) in [5.41, 5.74) is 1.34. The van der Waals surface area contributed by atoms with Crippen LogP contribution in [0.3, 0.4) is 0 Å². The first-order valence-electron chi connectivity index (χ1n) is 9.74. The molecule has 0 aliphatic heterocycles. The minimum atomic E-state index is -0.343. The summed E-state index contributed by atoms with van der Waals surface area (Å²) in [6, 6.07) is 16.9. The second-order valence-electron chi connectivity index (χ2n) is 6.60. The quantitative estimate of drug-likeness (QED) is 0.395. The van der Waals surface area contributed by atoms with E-state index in [9.17, 15) is 9.18 Å². The minimum Gasteiger partial charge on any atom is -0.494 e. The fraction of sp³-hybridized carbons (Fsp3) is 0.174.